The van der Waals surface area contributed by atoms with Crippen LogP contribution in [-0.4, -0.2) is 18.4 Å². The molecule has 16 heavy (non-hydrogen) atoms. The van der Waals surface area contributed by atoms with Gasteiger partial charge in [0.05, 0.1) is 0 Å². The monoisotopic (exact) mass is 220 g/mol. The Hall–Kier alpha value is -2.30. The molecule has 84 valence electrons. The fraction of sp³-hybridized carbons (Fsp3) is 0.0909. The molecule has 0 atom stereocenters. The van der Waals surface area contributed by atoms with Crippen molar-refractivity contribution in [1.82, 2.24) is 0 Å². The summed E-state index contributed by atoms with van der Waals surface area (Å²) >= 11 is 0. The van der Waals surface area contributed by atoms with Gasteiger partial charge in [-0.3, -0.25) is 9.59 Å². The van der Waals surface area contributed by atoms with Gasteiger partial charge >= 0.3 is 0 Å². The molecule has 0 aliphatic rings. The predicted octanol–water partition coefficient (Wildman–Crippen LogP) is 0.675. The third-order valence-electron chi connectivity index (χ3n) is 1.69. The Morgan fingerprint density at radius 3 is 2.50 bits per heavy atom. The third kappa shape index (κ3) is 3.83. The smallest absolute Gasteiger partial charge is 0.255 e. The SMILES string of the molecule is C=CC(=O)Nc1ccc(OCC(N)=O)cc1. The van der Waals surface area contributed by atoms with Crippen LogP contribution in [0.2, 0.25) is 0 Å². The van der Waals surface area contributed by atoms with Crippen molar-refractivity contribution in [2.24, 2.45) is 5.73 Å². The Labute approximate surface area is 92.9 Å². The van der Waals surface area contributed by atoms with E-state index in [1.807, 2.05) is 0 Å². The summed E-state index contributed by atoms with van der Waals surface area (Å²) in [5.41, 5.74) is 5.54. The first-order valence-electron chi connectivity index (χ1n) is 4.56. The molecule has 0 radical (unpaired) electrons. The normalized spacial score (nSPS) is 9.25. The minimum Gasteiger partial charge on any atom is -0.484 e. The molecule has 0 spiro atoms. The van der Waals surface area contributed by atoms with Crippen LogP contribution in [0.1, 0.15) is 0 Å². The zero-order valence-corrected chi connectivity index (χ0v) is 8.60. The van der Waals surface area contributed by atoms with Gasteiger partial charge in [0.25, 0.3) is 5.91 Å². The molecule has 0 saturated heterocycles. The van der Waals surface area contributed by atoms with Gasteiger partial charge in [0.15, 0.2) is 6.61 Å². The van der Waals surface area contributed by atoms with Gasteiger partial charge in [0.1, 0.15) is 5.75 Å². The van der Waals surface area contributed by atoms with Crippen LogP contribution < -0.4 is 15.8 Å². The van der Waals surface area contributed by atoms with Crippen molar-refractivity contribution < 1.29 is 14.3 Å². The summed E-state index contributed by atoms with van der Waals surface area (Å²) in [6.45, 7) is 3.17. The molecule has 1 aromatic rings. The van der Waals surface area contributed by atoms with Crippen molar-refractivity contribution >= 4 is 17.5 Å². The molecule has 3 N–H and O–H groups in total. The van der Waals surface area contributed by atoms with E-state index in [0.717, 1.165) is 0 Å². The Morgan fingerprint density at radius 2 is 2.00 bits per heavy atom. The maximum Gasteiger partial charge on any atom is 0.255 e. The van der Waals surface area contributed by atoms with Crippen LogP contribution in [0.4, 0.5) is 5.69 Å². The highest BCUT2D eigenvalue weighted by Crippen LogP contribution is 2.15. The Kier molecular flexibility index (Phi) is 4.08. The number of nitrogens with one attached hydrogen (secondary N) is 1. The van der Waals surface area contributed by atoms with Gasteiger partial charge in [0, 0.05) is 5.69 Å². The van der Waals surface area contributed by atoms with E-state index < -0.39 is 5.91 Å². The lowest BCUT2D eigenvalue weighted by Gasteiger charge is -2.05. The molecule has 5 nitrogen and oxygen atoms in total. The van der Waals surface area contributed by atoms with Crippen molar-refractivity contribution in [3.05, 3.63) is 36.9 Å². The minimum absolute atomic E-state index is 0.168. The van der Waals surface area contributed by atoms with Crippen LogP contribution in [0.3, 0.4) is 0 Å². The number of benzene rings is 1. The minimum atomic E-state index is -0.538. The molecule has 1 aromatic carbocycles. The highest BCUT2D eigenvalue weighted by atomic mass is 16.5. The van der Waals surface area contributed by atoms with E-state index in [9.17, 15) is 9.59 Å². The molecule has 0 fully saturated rings. The quantitative estimate of drug-likeness (QED) is 0.716. The number of anilines is 1. The van der Waals surface area contributed by atoms with E-state index in [1.165, 1.54) is 6.08 Å². The van der Waals surface area contributed by atoms with Gasteiger partial charge < -0.3 is 15.8 Å². The van der Waals surface area contributed by atoms with Gasteiger partial charge in [-0.1, -0.05) is 6.58 Å². The predicted molar refractivity (Wildman–Crippen MR) is 60.0 cm³/mol. The number of primary amides is 1. The molecule has 0 heterocycles. The van der Waals surface area contributed by atoms with Gasteiger partial charge in [-0.05, 0) is 30.3 Å². The average molecular weight is 220 g/mol. The summed E-state index contributed by atoms with van der Waals surface area (Å²) in [5, 5.41) is 2.58. The Bertz CT molecular complexity index is 398. The third-order valence-corrected chi connectivity index (χ3v) is 1.69. The van der Waals surface area contributed by atoms with E-state index in [2.05, 4.69) is 11.9 Å². The van der Waals surface area contributed by atoms with Crippen LogP contribution >= 0.6 is 0 Å². The summed E-state index contributed by atoms with van der Waals surface area (Å²) in [7, 11) is 0. The van der Waals surface area contributed by atoms with Crippen molar-refractivity contribution in [2.45, 2.75) is 0 Å². The highest BCUT2D eigenvalue weighted by molar-refractivity contribution is 5.98. The fourth-order valence-corrected chi connectivity index (χ4v) is 0.982. The lowest BCUT2D eigenvalue weighted by Crippen LogP contribution is -2.20. The highest BCUT2D eigenvalue weighted by Gasteiger charge is 1.99. The van der Waals surface area contributed by atoms with Crippen LogP contribution in [0, 0.1) is 0 Å². The molecule has 0 bridgehead atoms. The second-order valence-corrected chi connectivity index (χ2v) is 2.97. The van der Waals surface area contributed by atoms with Crippen molar-refractivity contribution in [2.75, 3.05) is 11.9 Å². The zero-order valence-electron chi connectivity index (χ0n) is 8.60. The molecule has 0 aliphatic heterocycles. The van der Waals surface area contributed by atoms with Crippen molar-refractivity contribution in [3.63, 3.8) is 0 Å². The molecule has 0 aromatic heterocycles. The first kappa shape index (κ1) is 11.8. The zero-order chi connectivity index (χ0) is 12.0. The van der Waals surface area contributed by atoms with Gasteiger partial charge in [0.2, 0.25) is 5.91 Å². The average Bonchev–Trinajstić information content (AvgIpc) is 2.28. The summed E-state index contributed by atoms with van der Waals surface area (Å²) in [6.07, 6.45) is 1.18. The van der Waals surface area contributed by atoms with Crippen LogP contribution in [0.25, 0.3) is 0 Å². The standard InChI is InChI=1S/C11H12N2O3/c1-2-11(15)13-8-3-5-9(6-4-8)16-7-10(12)14/h2-6H,1,7H2,(H2,12,14)(H,13,15). The summed E-state index contributed by atoms with van der Waals surface area (Å²) in [6, 6.07) is 6.55. The second-order valence-electron chi connectivity index (χ2n) is 2.97. The van der Waals surface area contributed by atoms with Crippen LogP contribution in [-0.2, 0) is 9.59 Å². The molecule has 1 rings (SSSR count). The lowest BCUT2D eigenvalue weighted by atomic mass is 10.3. The Morgan fingerprint density at radius 1 is 1.38 bits per heavy atom. The number of hydrogen-bond acceptors (Lipinski definition) is 3. The molecule has 5 heteroatoms. The fourth-order valence-electron chi connectivity index (χ4n) is 0.982. The van der Waals surface area contributed by atoms with Gasteiger partial charge in [-0.25, -0.2) is 0 Å². The maximum absolute atomic E-state index is 11.0. The first-order valence-corrected chi connectivity index (χ1v) is 4.56. The largest absolute Gasteiger partial charge is 0.484 e. The van der Waals surface area contributed by atoms with Crippen molar-refractivity contribution in [3.8, 4) is 5.75 Å². The van der Waals surface area contributed by atoms with Gasteiger partial charge in [-0.2, -0.15) is 0 Å². The summed E-state index contributed by atoms with van der Waals surface area (Å²) in [5.74, 6) is -0.315. The number of rotatable bonds is 5. The topological polar surface area (TPSA) is 81.4 Å². The summed E-state index contributed by atoms with van der Waals surface area (Å²) in [4.78, 5) is 21.4. The molecule has 0 saturated carbocycles. The number of hydrogen-bond donors (Lipinski definition) is 2. The number of amides is 2. The number of nitrogens with two attached hydrogens (primary N) is 1. The van der Waals surface area contributed by atoms with Gasteiger partial charge in [-0.15, -0.1) is 0 Å². The molecule has 0 aliphatic carbocycles. The second kappa shape index (κ2) is 5.55. The number of ether oxygens (including phenoxy) is 1. The molecule has 2 amide bonds. The number of carbonyl (C=O) groups is 2. The van der Waals surface area contributed by atoms with Crippen molar-refractivity contribution in [1.29, 1.82) is 0 Å². The first-order chi connectivity index (χ1) is 7.61. The van der Waals surface area contributed by atoms with Crippen LogP contribution in [0.5, 0.6) is 5.75 Å². The van der Waals surface area contributed by atoms with E-state index in [4.69, 9.17) is 10.5 Å². The molecule has 0 unspecified atom stereocenters. The maximum atomic E-state index is 11.0. The van der Waals surface area contributed by atoms with E-state index in [-0.39, 0.29) is 12.5 Å². The molecular formula is C11H12N2O3. The van der Waals surface area contributed by atoms with E-state index in [1.54, 1.807) is 24.3 Å². The van der Waals surface area contributed by atoms with Crippen LogP contribution in [0.15, 0.2) is 36.9 Å². The summed E-state index contributed by atoms with van der Waals surface area (Å²) < 4.78 is 5.05. The van der Waals surface area contributed by atoms with E-state index >= 15 is 0 Å². The molecular weight excluding hydrogens is 208 g/mol. The number of carbonyl (C=O) groups excluding carboxylic acids is 2. The van der Waals surface area contributed by atoms with E-state index in [0.29, 0.717) is 11.4 Å². The Balaban J connectivity index is 2.57. The lowest BCUT2D eigenvalue weighted by molar-refractivity contribution is -0.120.